The largest absolute Gasteiger partial charge is 0.494 e. The molecule has 2 aromatic carbocycles. The second-order valence-electron chi connectivity index (χ2n) is 9.26. The van der Waals surface area contributed by atoms with Crippen LogP contribution < -0.4 is 15.0 Å². The molecule has 1 aliphatic rings. The number of carbonyl (C=O) groups is 1. The Kier molecular flexibility index (Phi) is 6.89. The van der Waals surface area contributed by atoms with Gasteiger partial charge in [-0.05, 0) is 75.4 Å². The van der Waals surface area contributed by atoms with Gasteiger partial charge < -0.3 is 15.0 Å². The Morgan fingerprint density at radius 3 is 2.39 bits per heavy atom. The molecule has 7 heteroatoms. The van der Waals surface area contributed by atoms with E-state index < -0.39 is 0 Å². The fraction of sp³-hybridized carbons (Fsp3) is 0.345. The van der Waals surface area contributed by atoms with Crippen molar-refractivity contribution in [2.45, 2.75) is 46.6 Å². The minimum absolute atomic E-state index is 0.198. The molecule has 4 aromatic rings. The van der Waals surface area contributed by atoms with Gasteiger partial charge in [-0.2, -0.15) is 0 Å². The summed E-state index contributed by atoms with van der Waals surface area (Å²) in [6.07, 6.45) is 3.48. The molecule has 1 fully saturated rings. The molecule has 1 saturated heterocycles. The summed E-state index contributed by atoms with van der Waals surface area (Å²) in [6.45, 7) is 9.08. The summed E-state index contributed by atoms with van der Waals surface area (Å²) in [4.78, 5) is 25.3. The normalized spacial score (nSPS) is 13.7. The van der Waals surface area contributed by atoms with Crippen molar-refractivity contribution in [1.29, 1.82) is 0 Å². The van der Waals surface area contributed by atoms with Gasteiger partial charge in [-0.1, -0.05) is 30.3 Å². The smallest absolute Gasteiger partial charge is 0.289 e. The van der Waals surface area contributed by atoms with Crippen molar-refractivity contribution >= 4 is 22.8 Å². The highest BCUT2D eigenvalue weighted by atomic mass is 16.5. The average Bonchev–Trinajstić information content (AvgIpc) is 3.18. The lowest BCUT2D eigenvalue weighted by atomic mass is 10.1. The molecule has 7 nitrogen and oxygen atoms in total. The summed E-state index contributed by atoms with van der Waals surface area (Å²) in [5.41, 5.74) is 5.05. The van der Waals surface area contributed by atoms with Crippen molar-refractivity contribution in [2.24, 2.45) is 0 Å². The van der Waals surface area contributed by atoms with Crippen molar-refractivity contribution < 1.29 is 9.53 Å². The van der Waals surface area contributed by atoms with Crippen LogP contribution in [0.15, 0.2) is 54.6 Å². The summed E-state index contributed by atoms with van der Waals surface area (Å²) < 4.78 is 7.65. The lowest BCUT2D eigenvalue weighted by Crippen LogP contribution is -2.32. The Morgan fingerprint density at radius 1 is 0.972 bits per heavy atom. The first-order valence-electron chi connectivity index (χ1n) is 12.8. The number of aryl methyl sites for hydroxylation is 1. The Hall–Kier alpha value is -3.87. The Bertz CT molecular complexity index is 1360. The summed E-state index contributed by atoms with van der Waals surface area (Å²) >= 11 is 0. The van der Waals surface area contributed by atoms with Crippen LogP contribution in [-0.2, 0) is 6.54 Å². The number of piperidine rings is 1. The summed E-state index contributed by atoms with van der Waals surface area (Å²) in [5, 5.41) is 4.04. The Balaban J connectivity index is 1.53. The molecular weight excluding hydrogens is 450 g/mol. The molecule has 0 bridgehead atoms. The van der Waals surface area contributed by atoms with Crippen molar-refractivity contribution in [3.63, 3.8) is 0 Å². The number of aromatic nitrogens is 3. The van der Waals surface area contributed by atoms with Gasteiger partial charge in [0.2, 0.25) is 5.82 Å². The van der Waals surface area contributed by atoms with E-state index in [0.29, 0.717) is 13.2 Å². The standard InChI is InChI=1S/C29H33N5O2/c1-4-36-24-15-13-22(14-16-24)19-30-29(35)26-31-27(33-17-9-6-10-18-33)25-20(2)21(3)34(28(25)32-26)23-11-7-5-8-12-23/h5,7-8,11-16H,4,6,9-10,17-19H2,1-3H3,(H,30,35). The quantitative estimate of drug-likeness (QED) is 0.383. The molecule has 0 aliphatic carbocycles. The van der Waals surface area contributed by atoms with Crippen molar-refractivity contribution in [1.82, 2.24) is 19.9 Å². The van der Waals surface area contributed by atoms with E-state index in [1.54, 1.807) is 0 Å². The van der Waals surface area contributed by atoms with E-state index in [1.165, 1.54) is 6.42 Å². The number of anilines is 1. The maximum absolute atomic E-state index is 13.3. The highest BCUT2D eigenvalue weighted by Crippen LogP contribution is 2.34. The van der Waals surface area contributed by atoms with Gasteiger partial charge in [-0.25, -0.2) is 9.97 Å². The molecule has 0 spiro atoms. The minimum atomic E-state index is -0.278. The number of fused-ring (bicyclic) bond motifs is 1. The number of ether oxygens (including phenoxy) is 1. The molecule has 3 heterocycles. The lowest BCUT2D eigenvalue weighted by Gasteiger charge is -2.28. The van der Waals surface area contributed by atoms with Crippen LogP contribution in [0.1, 0.15) is 53.6 Å². The third-order valence-corrected chi connectivity index (χ3v) is 6.90. The minimum Gasteiger partial charge on any atom is -0.494 e. The average molecular weight is 484 g/mol. The zero-order chi connectivity index (χ0) is 25.1. The molecular formula is C29H33N5O2. The third-order valence-electron chi connectivity index (χ3n) is 6.90. The third kappa shape index (κ3) is 4.65. The highest BCUT2D eigenvalue weighted by molar-refractivity contribution is 5.98. The van der Waals surface area contributed by atoms with Gasteiger partial charge in [-0.15, -0.1) is 0 Å². The molecule has 36 heavy (non-hydrogen) atoms. The van der Waals surface area contributed by atoms with E-state index in [0.717, 1.165) is 71.0 Å². The second kappa shape index (κ2) is 10.4. The predicted molar refractivity (Wildman–Crippen MR) is 143 cm³/mol. The molecule has 5 rings (SSSR count). The summed E-state index contributed by atoms with van der Waals surface area (Å²) in [5.74, 6) is 1.60. The van der Waals surface area contributed by atoms with Crippen LogP contribution in [0.4, 0.5) is 5.82 Å². The fourth-order valence-corrected chi connectivity index (χ4v) is 4.90. The van der Waals surface area contributed by atoms with Gasteiger partial charge in [0.05, 0.1) is 12.0 Å². The predicted octanol–water partition coefficient (Wildman–Crippen LogP) is 5.36. The number of benzene rings is 2. The van der Waals surface area contributed by atoms with Gasteiger partial charge in [0.1, 0.15) is 11.6 Å². The molecule has 186 valence electrons. The number of nitrogens with zero attached hydrogens (tertiary/aromatic N) is 4. The topological polar surface area (TPSA) is 72.3 Å². The first kappa shape index (κ1) is 23.9. The van der Waals surface area contributed by atoms with Crippen LogP contribution >= 0.6 is 0 Å². The van der Waals surface area contributed by atoms with E-state index >= 15 is 0 Å². The first-order chi connectivity index (χ1) is 17.6. The van der Waals surface area contributed by atoms with Crippen molar-refractivity contribution in [3.05, 3.63) is 77.2 Å². The molecule has 0 saturated carbocycles. The molecule has 0 radical (unpaired) electrons. The van der Waals surface area contributed by atoms with Crippen LogP contribution in [0, 0.1) is 13.8 Å². The molecule has 1 N–H and O–H groups in total. The molecule has 0 unspecified atom stereocenters. The number of rotatable bonds is 7. The molecule has 0 atom stereocenters. The Morgan fingerprint density at radius 2 is 1.69 bits per heavy atom. The van der Waals surface area contributed by atoms with Gasteiger partial charge in [0.25, 0.3) is 5.91 Å². The number of nitrogens with one attached hydrogen (secondary N) is 1. The Labute approximate surface area is 212 Å². The molecule has 1 aliphatic heterocycles. The zero-order valence-electron chi connectivity index (χ0n) is 21.3. The van der Waals surface area contributed by atoms with Crippen LogP contribution in [0.2, 0.25) is 0 Å². The summed E-state index contributed by atoms with van der Waals surface area (Å²) in [6, 6.07) is 17.9. The SMILES string of the molecule is CCOc1ccc(CNC(=O)c2nc(N3CCCCC3)c3c(C)c(C)n(-c4ccccc4)c3n2)cc1. The number of hydrogen-bond acceptors (Lipinski definition) is 5. The van der Waals surface area contributed by atoms with E-state index in [4.69, 9.17) is 14.7 Å². The zero-order valence-corrected chi connectivity index (χ0v) is 21.3. The number of amides is 1. The number of hydrogen-bond donors (Lipinski definition) is 1. The van der Waals surface area contributed by atoms with Gasteiger partial charge in [0.15, 0.2) is 5.65 Å². The molecule has 2 aromatic heterocycles. The van der Waals surface area contributed by atoms with Gasteiger partial charge >= 0.3 is 0 Å². The van der Waals surface area contributed by atoms with Gasteiger partial charge in [-0.3, -0.25) is 9.36 Å². The van der Waals surface area contributed by atoms with Crippen molar-refractivity contribution in [3.8, 4) is 11.4 Å². The van der Waals surface area contributed by atoms with Crippen LogP contribution in [0.25, 0.3) is 16.7 Å². The highest BCUT2D eigenvalue weighted by Gasteiger charge is 2.25. The molecule has 1 amide bonds. The summed E-state index contributed by atoms with van der Waals surface area (Å²) in [7, 11) is 0. The van der Waals surface area contributed by atoms with E-state index in [1.807, 2.05) is 49.4 Å². The first-order valence-corrected chi connectivity index (χ1v) is 12.8. The van der Waals surface area contributed by atoms with Crippen molar-refractivity contribution in [2.75, 3.05) is 24.6 Å². The van der Waals surface area contributed by atoms with E-state index in [-0.39, 0.29) is 11.7 Å². The fourth-order valence-electron chi connectivity index (χ4n) is 4.90. The monoisotopic (exact) mass is 483 g/mol. The van der Waals surface area contributed by atoms with E-state index in [9.17, 15) is 4.79 Å². The number of carbonyl (C=O) groups excluding carboxylic acids is 1. The second-order valence-corrected chi connectivity index (χ2v) is 9.26. The lowest BCUT2D eigenvalue weighted by molar-refractivity contribution is 0.0941. The van der Waals surface area contributed by atoms with Crippen LogP contribution in [0.5, 0.6) is 5.75 Å². The van der Waals surface area contributed by atoms with Crippen LogP contribution in [-0.4, -0.2) is 40.1 Å². The van der Waals surface area contributed by atoms with Gasteiger partial charge in [0, 0.05) is 31.0 Å². The number of para-hydroxylation sites is 1. The van der Waals surface area contributed by atoms with E-state index in [2.05, 4.69) is 40.8 Å². The maximum Gasteiger partial charge on any atom is 0.289 e. The van der Waals surface area contributed by atoms with Crippen LogP contribution in [0.3, 0.4) is 0 Å². The maximum atomic E-state index is 13.3.